The number of likely N-dealkylation sites (N-methyl/N-ethyl adjacent to an activating group) is 1. The van der Waals surface area contributed by atoms with Gasteiger partial charge in [-0.15, -0.1) is 0 Å². The van der Waals surface area contributed by atoms with Crippen LogP contribution in [0.1, 0.15) is 5.56 Å². The Morgan fingerprint density at radius 1 is 1.58 bits per heavy atom. The van der Waals surface area contributed by atoms with Crippen LogP contribution >= 0.6 is 0 Å². The van der Waals surface area contributed by atoms with E-state index in [1.807, 2.05) is 26.2 Å². The van der Waals surface area contributed by atoms with E-state index >= 15 is 0 Å². The van der Waals surface area contributed by atoms with Crippen molar-refractivity contribution in [2.45, 2.75) is 13.5 Å². The standard InChI is InChI=1S/C9H14N2O/c1-8-3-5-11(6-4-10-2)9(12)7-8/h3,5,7,10H,4,6H2,1-2H3. The molecule has 0 aliphatic carbocycles. The van der Waals surface area contributed by atoms with Crippen LogP contribution in [0.25, 0.3) is 0 Å². The minimum Gasteiger partial charge on any atom is -0.318 e. The van der Waals surface area contributed by atoms with Crippen LogP contribution in [0.15, 0.2) is 23.1 Å². The van der Waals surface area contributed by atoms with E-state index < -0.39 is 0 Å². The van der Waals surface area contributed by atoms with Gasteiger partial charge in [-0.2, -0.15) is 0 Å². The number of rotatable bonds is 3. The number of pyridine rings is 1. The molecule has 0 unspecified atom stereocenters. The fraction of sp³-hybridized carbons (Fsp3) is 0.444. The van der Waals surface area contributed by atoms with Crippen LogP contribution in [-0.2, 0) is 6.54 Å². The van der Waals surface area contributed by atoms with Gasteiger partial charge in [0.05, 0.1) is 0 Å². The number of nitrogens with one attached hydrogen (secondary N) is 1. The molecule has 0 aromatic carbocycles. The van der Waals surface area contributed by atoms with Crippen molar-refractivity contribution in [1.82, 2.24) is 9.88 Å². The molecular formula is C9H14N2O. The molecule has 0 fully saturated rings. The molecule has 0 amide bonds. The zero-order chi connectivity index (χ0) is 8.97. The number of hydrogen-bond donors (Lipinski definition) is 1. The highest BCUT2D eigenvalue weighted by molar-refractivity contribution is 5.07. The maximum absolute atomic E-state index is 11.3. The molecule has 1 N–H and O–H groups in total. The number of hydrogen-bond acceptors (Lipinski definition) is 2. The number of nitrogens with zero attached hydrogens (tertiary/aromatic N) is 1. The fourth-order valence-electron chi connectivity index (χ4n) is 1.02. The predicted octanol–water partition coefficient (Wildman–Crippen LogP) is 0.376. The summed E-state index contributed by atoms with van der Waals surface area (Å²) in [6.45, 7) is 3.47. The van der Waals surface area contributed by atoms with Gasteiger partial charge in [0.25, 0.3) is 5.56 Å². The highest BCUT2D eigenvalue weighted by Crippen LogP contribution is 1.89. The molecule has 0 bridgehead atoms. The van der Waals surface area contributed by atoms with Crippen LogP contribution in [0, 0.1) is 6.92 Å². The summed E-state index contributed by atoms with van der Waals surface area (Å²) in [6.07, 6.45) is 1.83. The van der Waals surface area contributed by atoms with Gasteiger partial charge in [0.2, 0.25) is 0 Å². The molecule has 0 saturated carbocycles. The van der Waals surface area contributed by atoms with Crippen LogP contribution in [0.2, 0.25) is 0 Å². The second-order valence-electron chi connectivity index (χ2n) is 2.84. The summed E-state index contributed by atoms with van der Waals surface area (Å²) >= 11 is 0. The Hall–Kier alpha value is -1.09. The molecule has 1 aromatic heterocycles. The Morgan fingerprint density at radius 3 is 2.92 bits per heavy atom. The van der Waals surface area contributed by atoms with E-state index in [9.17, 15) is 4.79 Å². The molecule has 3 nitrogen and oxygen atoms in total. The lowest BCUT2D eigenvalue weighted by molar-refractivity contribution is 0.625. The molecular weight excluding hydrogens is 152 g/mol. The van der Waals surface area contributed by atoms with E-state index in [4.69, 9.17) is 0 Å². The van der Waals surface area contributed by atoms with Gasteiger partial charge in [0, 0.05) is 25.4 Å². The van der Waals surface area contributed by atoms with Crippen LogP contribution in [0.3, 0.4) is 0 Å². The molecule has 1 aromatic rings. The van der Waals surface area contributed by atoms with E-state index in [0.717, 1.165) is 18.7 Å². The maximum atomic E-state index is 11.3. The molecule has 0 saturated heterocycles. The van der Waals surface area contributed by atoms with Crippen LogP contribution in [-0.4, -0.2) is 18.2 Å². The van der Waals surface area contributed by atoms with Gasteiger partial charge >= 0.3 is 0 Å². The summed E-state index contributed by atoms with van der Waals surface area (Å²) < 4.78 is 1.70. The van der Waals surface area contributed by atoms with Crippen molar-refractivity contribution in [2.24, 2.45) is 0 Å². The number of aryl methyl sites for hydroxylation is 1. The van der Waals surface area contributed by atoms with E-state index in [0.29, 0.717) is 0 Å². The fourth-order valence-corrected chi connectivity index (χ4v) is 1.02. The minimum absolute atomic E-state index is 0.0743. The zero-order valence-electron chi connectivity index (χ0n) is 7.50. The average Bonchev–Trinajstić information content (AvgIpc) is 2.03. The van der Waals surface area contributed by atoms with Gasteiger partial charge in [-0.25, -0.2) is 0 Å². The Labute approximate surface area is 72.0 Å². The third-order valence-electron chi connectivity index (χ3n) is 1.75. The van der Waals surface area contributed by atoms with Crippen molar-refractivity contribution in [3.05, 3.63) is 34.2 Å². The van der Waals surface area contributed by atoms with Crippen molar-refractivity contribution in [2.75, 3.05) is 13.6 Å². The van der Waals surface area contributed by atoms with Gasteiger partial charge in [-0.1, -0.05) is 0 Å². The SMILES string of the molecule is CNCCn1ccc(C)cc1=O. The lowest BCUT2D eigenvalue weighted by Gasteiger charge is -2.04. The Kier molecular flexibility index (Phi) is 3.05. The minimum atomic E-state index is 0.0743. The van der Waals surface area contributed by atoms with Crippen molar-refractivity contribution in [3.8, 4) is 0 Å². The molecule has 0 spiro atoms. The second-order valence-corrected chi connectivity index (χ2v) is 2.84. The Balaban J connectivity index is 2.80. The zero-order valence-corrected chi connectivity index (χ0v) is 7.50. The van der Waals surface area contributed by atoms with Crippen LogP contribution in [0.4, 0.5) is 0 Å². The smallest absolute Gasteiger partial charge is 0.250 e. The molecule has 1 rings (SSSR count). The first kappa shape index (κ1) is 9.00. The highest BCUT2D eigenvalue weighted by atomic mass is 16.1. The van der Waals surface area contributed by atoms with Gasteiger partial charge in [-0.3, -0.25) is 4.79 Å². The van der Waals surface area contributed by atoms with E-state index in [2.05, 4.69) is 5.32 Å². The molecule has 3 heteroatoms. The van der Waals surface area contributed by atoms with E-state index in [-0.39, 0.29) is 5.56 Å². The summed E-state index contributed by atoms with van der Waals surface area (Å²) in [5.41, 5.74) is 1.09. The summed E-state index contributed by atoms with van der Waals surface area (Å²) in [4.78, 5) is 11.3. The summed E-state index contributed by atoms with van der Waals surface area (Å²) in [6, 6.07) is 3.59. The topological polar surface area (TPSA) is 34.0 Å². The monoisotopic (exact) mass is 166 g/mol. The van der Waals surface area contributed by atoms with Crippen molar-refractivity contribution >= 4 is 0 Å². The second kappa shape index (κ2) is 4.07. The summed E-state index contributed by atoms with van der Waals surface area (Å²) in [5.74, 6) is 0. The van der Waals surface area contributed by atoms with E-state index in [1.165, 1.54) is 0 Å². The molecule has 12 heavy (non-hydrogen) atoms. The molecule has 66 valence electrons. The van der Waals surface area contributed by atoms with E-state index in [1.54, 1.807) is 10.6 Å². The normalized spacial score (nSPS) is 10.2. The van der Waals surface area contributed by atoms with Crippen molar-refractivity contribution in [3.63, 3.8) is 0 Å². The van der Waals surface area contributed by atoms with Gasteiger partial charge in [0.15, 0.2) is 0 Å². The van der Waals surface area contributed by atoms with Crippen LogP contribution in [0.5, 0.6) is 0 Å². The van der Waals surface area contributed by atoms with Gasteiger partial charge in [-0.05, 0) is 25.6 Å². The van der Waals surface area contributed by atoms with Crippen molar-refractivity contribution < 1.29 is 0 Å². The third kappa shape index (κ3) is 2.20. The Bertz CT molecular complexity index is 304. The molecule has 0 aliphatic rings. The highest BCUT2D eigenvalue weighted by Gasteiger charge is 1.93. The first-order valence-electron chi connectivity index (χ1n) is 4.06. The summed E-state index contributed by atoms with van der Waals surface area (Å²) in [7, 11) is 1.87. The maximum Gasteiger partial charge on any atom is 0.250 e. The number of aromatic nitrogens is 1. The molecule has 0 atom stereocenters. The van der Waals surface area contributed by atoms with Gasteiger partial charge in [0.1, 0.15) is 0 Å². The lowest BCUT2D eigenvalue weighted by Crippen LogP contribution is -2.24. The third-order valence-corrected chi connectivity index (χ3v) is 1.75. The van der Waals surface area contributed by atoms with Crippen LogP contribution < -0.4 is 10.9 Å². The summed E-state index contributed by atoms with van der Waals surface area (Å²) in [5, 5.41) is 3.00. The first-order chi connectivity index (χ1) is 5.74. The molecule has 0 aliphatic heterocycles. The quantitative estimate of drug-likeness (QED) is 0.704. The first-order valence-corrected chi connectivity index (χ1v) is 4.06. The Morgan fingerprint density at radius 2 is 2.33 bits per heavy atom. The lowest BCUT2D eigenvalue weighted by atomic mass is 10.3. The predicted molar refractivity (Wildman–Crippen MR) is 49.4 cm³/mol. The van der Waals surface area contributed by atoms with Gasteiger partial charge < -0.3 is 9.88 Å². The van der Waals surface area contributed by atoms with Crippen molar-refractivity contribution in [1.29, 1.82) is 0 Å². The molecule has 1 heterocycles. The average molecular weight is 166 g/mol. The molecule has 0 radical (unpaired) electrons. The largest absolute Gasteiger partial charge is 0.318 e.